The molecule has 0 fully saturated rings. The van der Waals surface area contributed by atoms with Crippen LogP contribution in [0.15, 0.2) is 52.5 Å². The van der Waals surface area contributed by atoms with E-state index in [1.54, 1.807) is 19.1 Å². The lowest BCUT2D eigenvalue weighted by molar-refractivity contribution is -0.137. The average molecular weight is 374 g/mol. The van der Waals surface area contributed by atoms with Gasteiger partial charge in [0.15, 0.2) is 0 Å². The molecule has 0 unspecified atom stereocenters. The molecule has 0 heterocycles. The summed E-state index contributed by atoms with van der Waals surface area (Å²) in [6, 6.07) is 7.93. The molecule has 0 bridgehead atoms. The Morgan fingerprint density at radius 1 is 1.08 bits per heavy atom. The highest BCUT2D eigenvalue weighted by Gasteiger charge is 2.34. The van der Waals surface area contributed by atoms with Crippen LogP contribution < -0.4 is 4.83 Å². The Hall–Kier alpha value is -2.42. The van der Waals surface area contributed by atoms with Crippen LogP contribution in [0.3, 0.4) is 0 Å². The fraction of sp³-hybridized carbons (Fsp3) is 0.188. The molecule has 1 N–H and O–H groups in total. The molecule has 0 amide bonds. The van der Waals surface area contributed by atoms with Crippen LogP contribution in [0.25, 0.3) is 0 Å². The summed E-state index contributed by atoms with van der Waals surface area (Å²) in [5.41, 5.74) is -1.05. The number of nitrogens with one attached hydrogen (secondary N) is 1. The van der Waals surface area contributed by atoms with E-state index >= 15 is 0 Å². The van der Waals surface area contributed by atoms with E-state index < -0.39 is 33.1 Å². The standard InChI is InChI=1S/C16H14F4N2O2S/c1-10-3-6-13(7-4-10)25(23,24)22-21-11(2)14-8-5-12(17)9-15(14)16(18,19)20/h3-9,22H,1-2H3/b21-11+. The summed E-state index contributed by atoms with van der Waals surface area (Å²) in [5, 5.41) is 3.52. The fourth-order valence-electron chi connectivity index (χ4n) is 2.03. The number of hydrazone groups is 1. The van der Waals surface area contributed by atoms with E-state index in [0.717, 1.165) is 17.7 Å². The molecule has 0 aliphatic heterocycles. The Labute approximate surface area is 142 Å². The molecule has 2 aromatic carbocycles. The summed E-state index contributed by atoms with van der Waals surface area (Å²) in [4.78, 5) is 1.81. The predicted molar refractivity (Wildman–Crippen MR) is 85.1 cm³/mol. The van der Waals surface area contributed by atoms with Gasteiger partial charge in [0, 0.05) is 5.56 Å². The van der Waals surface area contributed by atoms with Crippen molar-refractivity contribution in [3.8, 4) is 0 Å². The molecule has 0 aliphatic carbocycles. The molecule has 134 valence electrons. The number of halogens is 4. The van der Waals surface area contributed by atoms with Gasteiger partial charge in [0.1, 0.15) is 5.82 Å². The van der Waals surface area contributed by atoms with Crippen molar-refractivity contribution in [2.75, 3.05) is 0 Å². The van der Waals surface area contributed by atoms with Gasteiger partial charge in [-0.25, -0.2) is 4.39 Å². The van der Waals surface area contributed by atoms with Crippen LogP contribution >= 0.6 is 0 Å². The summed E-state index contributed by atoms with van der Waals surface area (Å²) in [6.45, 7) is 2.97. The third kappa shape index (κ3) is 4.56. The van der Waals surface area contributed by atoms with Gasteiger partial charge in [-0.2, -0.15) is 31.5 Å². The van der Waals surface area contributed by atoms with Crippen LogP contribution in [0.1, 0.15) is 23.6 Å². The molecule has 0 aliphatic rings. The first kappa shape index (κ1) is 18.9. The van der Waals surface area contributed by atoms with Gasteiger partial charge in [0.2, 0.25) is 0 Å². The van der Waals surface area contributed by atoms with Crippen molar-refractivity contribution in [2.24, 2.45) is 5.10 Å². The van der Waals surface area contributed by atoms with Crippen molar-refractivity contribution in [3.63, 3.8) is 0 Å². The number of aryl methyl sites for hydroxylation is 1. The van der Waals surface area contributed by atoms with Crippen LogP contribution in [0, 0.1) is 12.7 Å². The third-order valence-electron chi connectivity index (χ3n) is 3.34. The van der Waals surface area contributed by atoms with Gasteiger partial charge in [-0.05, 0) is 44.2 Å². The van der Waals surface area contributed by atoms with Crippen molar-refractivity contribution in [3.05, 3.63) is 65.0 Å². The second-order valence-electron chi connectivity index (χ2n) is 5.29. The molecular formula is C16H14F4N2O2S. The summed E-state index contributed by atoms with van der Waals surface area (Å²) >= 11 is 0. The average Bonchev–Trinajstić information content (AvgIpc) is 2.52. The number of benzene rings is 2. The van der Waals surface area contributed by atoms with Crippen molar-refractivity contribution in [1.29, 1.82) is 0 Å². The minimum atomic E-state index is -4.80. The highest BCUT2D eigenvalue weighted by molar-refractivity contribution is 7.89. The van der Waals surface area contributed by atoms with Gasteiger partial charge >= 0.3 is 6.18 Å². The molecule has 0 radical (unpaired) electrons. The van der Waals surface area contributed by atoms with Gasteiger partial charge < -0.3 is 0 Å². The summed E-state index contributed by atoms with van der Waals surface area (Å²) in [5.74, 6) is -1.05. The molecule has 2 aromatic rings. The molecule has 0 aromatic heterocycles. The molecule has 0 atom stereocenters. The molecule has 2 rings (SSSR count). The van der Waals surface area contributed by atoms with Crippen LogP contribution in [0.4, 0.5) is 17.6 Å². The SMILES string of the molecule is C/C(=N\NS(=O)(=O)c1ccc(C)cc1)c1ccc(F)cc1C(F)(F)F. The summed E-state index contributed by atoms with van der Waals surface area (Å²) in [7, 11) is -4.03. The Morgan fingerprint density at radius 2 is 1.68 bits per heavy atom. The highest BCUT2D eigenvalue weighted by atomic mass is 32.2. The van der Waals surface area contributed by atoms with Gasteiger partial charge in [0.05, 0.1) is 16.2 Å². The van der Waals surface area contributed by atoms with Crippen molar-refractivity contribution >= 4 is 15.7 Å². The van der Waals surface area contributed by atoms with Crippen molar-refractivity contribution in [1.82, 2.24) is 4.83 Å². The van der Waals surface area contributed by atoms with Gasteiger partial charge in [-0.3, -0.25) is 0 Å². The molecule has 0 spiro atoms. The van der Waals surface area contributed by atoms with Gasteiger partial charge in [-0.15, -0.1) is 0 Å². The Balaban J connectivity index is 2.35. The van der Waals surface area contributed by atoms with E-state index in [1.165, 1.54) is 19.1 Å². The summed E-state index contributed by atoms with van der Waals surface area (Å²) in [6.07, 6.45) is -4.80. The molecule has 9 heteroatoms. The fourth-order valence-corrected chi connectivity index (χ4v) is 2.88. The maximum Gasteiger partial charge on any atom is 0.417 e. The number of hydrogen-bond acceptors (Lipinski definition) is 3. The summed E-state index contributed by atoms with van der Waals surface area (Å²) < 4.78 is 76.4. The number of alkyl halides is 3. The van der Waals surface area contributed by atoms with E-state index in [1.807, 2.05) is 4.83 Å². The van der Waals surface area contributed by atoms with Crippen molar-refractivity contribution in [2.45, 2.75) is 24.9 Å². The highest BCUT2D eigenvalue weighted by Crippen LogP contribution is 2.32. The Morgan fingerprint density at radius 3 is 2.24 bits per heavy atom. The predicted octanol–water partition coefficient (Wildman–Crippen LogP) is 3.86. The molecule has 25 heavy (non-hydrogen) atoms. The van der Waals surface area contributed by atoms with Crippen LogP contribution in [0.5, 0.6) is 0 Å². The lowest BCUT2D eigenvalue weighted by atomic mass is 10.0. The van der Waals surface area contributed by atoms with Crippen LogP contribution in [-0.4, -0.2) is 14.1 Å². The van der Waals surface area contributed by atoms with E-state index in [0.29, 0.717) is 6.07 Å². The number of sulfonamides is 1. The first-order valence-corrected chi connectivity index (χ1v) is 8.49. The second-order valence-corrected chi connectivity index (χ2v) is 6.95. The number of rotatable bonds is 4. The quantitative estimate of drug-likeness (QED) is 0.502. The molecule has 0 saturated heterocycles. The van der Waals surface area contributed by atoms with E-state index in [9.17, 15) is 26.0 Å². The minimum Gasteiger partial charge on any atom is -0.207 e. The largest absolute Gasteiger partial charge is 0.417 e. The monoisotopic (exact) mass is 374 g/mol. The zero-order valence-corrected chi connectivity index (χ0v) is 14.0. The topological polar surface area (TPSA) is 58.5 Å². The second kappa shape index (κ2) is 6.83. The number of nitrogens with zero attached hydrogens (tertiary/aromatic N) is 1. The molecule has 0 saturated carbocycles. The molecular weight excluding hydrogens is 360 g/mol. The maximum absolute atomic E-state index is 13.1. The van der Waals surface area contributed by atoms with E-state index in [2.05, 4.69) is 5.10 Å². The van der Waals surface area contributed by atoms with Crippen LogP contribution in [-0.2, 0) is 16.2 Å². The van der Waals surface area contributed by atoms with Crippen LogP contribution in [0.2, 0.25) is 0 Å². The van der Waals surface area contributed by atoms with E-state index in [-0.39, 0.29) is 10.6 Å². The van der Waals surface area contributed by atoms with Crippen molar-refractivity contribution < 1.29 is 26.0 Å². The Kier molecular flexibility index (Phi) is 5.17. The maximum atomic E-state index is 13.1. The number of hydrogen-bond donors (Lipinski definition) is 1. The molecule has 4 nitrogen and oxygen atoms in total. The Bertz CT molecular complexity index is 905. The normalized spacial score (nSPS) is 13.0. The zero-order chi connectivity index (χ0) is 18.8. The van der Waals surface area contributed by atoms with Gasteiger partial charge in [-0.1, -0.05) is 17.7 Å². The smallest absolute Gasteiger partial charge is 0.207 e. The lowest BCUT2D eigenvalue weighted by Crippen LogP contribution is -2.21. The first-order chi connectivity index (χ1) is 11.5. The zero-order valence-electron chi connectivity index (χ0n) is 13.2. The first-order valence-electron chi connectivity index (χ1n) is 7.00. The lowest BCUT2D eigenvalue weighted by Gasteiger charge is -2.13. The minimum absolute atomic E-state index is 0.0789. The third-order valence-corrected chi connectivity index (χ3v) is 4.57. The van der Waals surface area contributed by atoms with E-state index in [4.69, 9.17) is 0 Å². The van der Waals surface area contributed by atoms with Gasteiger partial charge in [0.25, 0.3) is 10.0 Å².